The number of rotatable bonds is 14. The fourth-order valence-electron chi connectivity index (χ4n) is 2.88. The molecule has 9 heteroatoms. The third-order valence-corrected chi connectivity index (χ3v) is 7.19. The molecule has 7 atom stereocenters. The molecule has 0 fully saturated rings. The van der Waals surface area contributed by atoms with Crippen LogP contribution in [-0.2, 0) is 13.6 Å². The van der Waals surface area contributed by atoms with Crippen LogP contribution in [0, 0.1) is 11.8 Å². The molecule has 0 saturated heterocycles. The maximum atomic E-state index is 11.8. The van der Waals surface area contributed by atoms with Crippen molar-refractivity contribution in [2.24, 2.45) is 0 Å². The summed E-state index contributed by atoms with van der Waals surface area (Å²) in [5.41, 5.74) is 2.06. The van der Waals surface area contributed by atoms with Crippen LogP contribution in [0.15, 0.2) is 42.5 Å². The van der Waals surface area contributed by atoms with E-state index in [0.717, 1.165) is 36.8 Å². The molecule has 0 radical (unpaired) electrons. The topological polar surface area (TPSA) is 35.5 Å². The van der Waals surface area contributed by atoms with Gasteiger partial charge in [0.2, 0.25) is 0 Å². The molecular weight excluding hydrogens is 498 g/mol. The van der Waals surface area contributed by atoms with Crippen LogP contribution in [-0.4, -0.2) is 11.8 Å². The van der Waals surface area contributed by atoms with Gasteiger partial charge in [-0.05, 0) is 24.0 Å². The van der Waals surface area contributed by atoms with Crippen molar-refractivity contribution in [1.82, 2.24) is 0 Å². The van der Waals surface area contributed by atoms with Gasteiger partial charge >= 0.3 is 0 Å². The average Bonchev–Trinajstić information content (AvgIpc) is 2.76. The van der Waals surface area contributed by atoms with Gasteiger partial charge in [0.15, 0.2) is 8.46 Å². The fourth-order valence-corrected chi connectivity index (χ4v) is 5.71. The lowest BCUT2D eigenvalue weighted by atomic mass is 9.99. The highest BCUT2D eigenvalue weighted by molar-refractivity contribution is 8.41. The Hall–Kier alpha value is 0.430. The number of allylic oxidation sites excluding steroid dienone is 2. The summed E-state index contributed by atoms with van der Waals surface area (Å²) in [6, 6.07) is 8.22. The van der Waals surface area contributed by atoms with Gasteiger partial charge in [0.25, 0.3) is 0 Å². The lowest BCUT2D eigenvalue weighted by Crippen LogP contribution is -2.19. The van der Waals surface area contributed by atoms with Crippen molar-refractivity contribution in [2.45, 2.75) is 63.8 Å². The molecule has 0 aliphatic carbocycles. The van der Waals surface area contributed by atoms with Crippen molar-refractivity contribution in [2.75, 3.05) is 0 Å². The minimum atomic E-state index is -0.682. The van der Waals surface area contributed by atoms with Crippen LogP contribution in [0.2, 0.25) is 0 Å². The quantitative estimate of drug-likeness (QED) is 0.137. The van der Waals surface area contributed by atoms with E-state index < -0.39 is 7.53 Å². The van der Waals surface area contributed by atoms with Crippen LogP contribution >= 0.6 is 51.3 Å². The largest absolute Gasteiger partial charge is 0.350 e. The summed E-state index contributed by atoms with van der Waals surface area (Å²) in [4.78, 5) is 0. The molecule has 3 nitrogen and oxygen atoms in total. The number of hydrogen-bond donors (Lipinski definition) is 0. The molecule has 1 rings (SSSR count). The molecule has 0 saturated carbocycles. The molecule has 0 aliphatic heterocycles. The molecule has 170 valence electrons. The first kappa shape index (κ1) is 29.5. The van der Waals surface area contributed by atoms with Gasteiger partial charge < -0.3 is 9.05 Å². The second kappa shape index (κ2) is 18.8. The van der Waals surface area contributed by atoms with Crippen molar-refractivity contribution in [3.63, 3.8) is 0 Å². The van der Waals surface area contributed by atoms with Crippen LogP contribution in [0.3, 0.4) is 0 Å². The van der Waals surface area contributed by atoms with Gasteiger partial charge in [0, 0.05) is 21.3 Å². The Morgan fingerprint density at radius 1 is 1.23 bits per heavy atom. The van der Waals surface area contributed by atoms with Gasteiger partial charge in [0.05, 0.1) is 25.4 Å². The maximum absolute atomic E-state index is 11.8. The molecular formula is C22H34O3P6. The highest BCUT2D eigenvalue weighted by atomic mass is 32.4. The van der Waals surface area contributed by atoms with E-state index in [-0.39, 0.29) is 34.8 Å². The Bertz CT molecular complexity index is 757. The van der Waals surface area contributed by atoms with Crippen molar-refractivity contribution >= 4 is 57.3 Å². The summed E-state index contributed by atoms with van der Waals surface area (Å²) >= 11 is 0. The second-order valence-corrected chi connectivity index (χ2v) is 14.5. The van der Waals surface area contributed by atoms with E-state index in [4.69, 9.17) is 9.05 Å². The lowest BCUT2D eigenvalue weighted by molar-refractivity contribution is 0.248. The third-order valence-electron chi connectivity index (χ3n) is 4.36. The Labute approximate surface area is 200 Å². The van der Waals surface area contributed by atoms with Gasteiger partial charge in [-0.2, -0.15) is 0 Å². The zero-order chi connectivity index (χ0) is 22.9. The summed E-state index contributed by atoms with van der Waals surface area (Å²) in [5, 5.41) is 0. The predicted octanol–water partition coefficient (Wildman–Crippen LogP) is 8.71. The van der Waals surface area contributed by atoms with E-state index in [2.05, 4.69) is 75.9 Å². The number of unbranched alkanes of at least 4 members (excludes halogenated alkanes) is 1. The number of hydrogen-bond acceptors (Lipinski definition) is 3. The van der Waals surface area contributed by atoms with Crippen LogP contribution in [0.4, 0.5) is 0 Å². The molecule has 0 N–H and O–H groups in total. The maximum Gasteiger partial charge on any atom is 0.162 e. The molecule has 7 unspecified atom stereocenters. The minimum Gasteiger partial charge on any atom is -0.350 e. The van der Waals surface area contributed by atoms with Gasteiger partial charge in [-0.3, -0.25) is 4.57 Å². The van der Waals surface area contributed by atoms with Gasteiger partial charge in [0.1, 0.15) is 0 Å². The van der Waals surface area contributed by atoms with Crippen LogP contribution < -0.4 is 0 Å². The Morgan fingerprint density at radius 3 is 2.65 bits per heavy atom. The van der Waals surface area contributed by atoms with E-state index in [1.807, 2.05) is 25.1 Å². The van der Waals surface area contributed by atoms with E-state index in [1.165, 1.54) is 0 Å². The van der Waals surface area contributed by atoms with Crippen LogP contribution in [0.1, 0.15) is 63.2 Å². The predicted molar refractivity (Wildman–Crippen MR) is 151 cm³/mol. The normalized spacial score (nSPS) is 15.2. The molecule has 0 aliphatic rings. The van der Waals surface area contributed by atoms with Crippen LogP contribution in [0.5, 0.6) is 0 Å². The molecule has 0 aromatic heterocycles. The highest BCUT2D eigenvalue weighted by Crippen LogP contribution is 2.57. The smallest absolute Gasteiger partial charge is 0.162 e. The molecule has 1 aromatic carbocycles. The average molecular weight is 532 g/mol. The van der Waals surface area contributed by atoms with Gasteiger partial charge in [-0.1, -0.05) is 95.6 Å². The zero-order valence-corrected chi connectivity index (χ0v) is 24.5. The first-order valence-corrected chi connectivity index (χ1v) is 18.4. The molecule has 0 spiro atoms. The molecule has 31 heavy (non-hydrogen) atoms. The lowest BCUT2D eigenvalue weighted by Gasteiger charge is -2.21. The fraction of sp³-hybridized carbons (Fsp3) is 0.455. The first-order chi connectivity index (χ1) is 15.1. The third kappa shape index (κ3) is 12.5. The number of benzene rings is 1. The summed E-state index contributed by atoms with van der Waals surface area (Å²) < 4.78 is 24.0. The summed E-state index contributed by atoms with van der Waals surface area (Å²) in [7, 11) is 7.72. The summed E-state index contributed by atoms with van der Waals surface area (Å²) in [6.07, 6.45) is 12.4. The van der Waals surface area contributed by atoms with Crippen molar-refractivity contribution in [1.29, 1.82) is 0 Å². The van der Waals surface area contributed by atoms with E-state index in [0.29, 0.717) is 6.42 Å². The Balaban J connectivity index is 3.12. The van der Waals surface area contributed by atoms with E-state index in [9.17, 15) is 4.57 Å². The molecule has 0 heterocycles. The second-order valence-electron chi connectivity index (χ2n) is 6.72. The monoisotopic (exact) mass is 532 g/mol. The zero-order valence-electron chi connectivity index (χ0n) is 18.2. The summed E-state index contributed by atoms with van der Waals surface area (Å²) in [6.45, 7) is 4.20. The highest BCUT2D eigenvalue weighted by Gasteiger charge is 2.20. The Kier molecular flexibility index (Phi) is 17.9. The SMILES string of the molecule is CCC#CCC(OP(P)P)c1ccccc1C=CC(OPP)C(CC=CCCC)P=O. The Morgan fingerprint density at radius 2 is 2.00 bits per heavy atom. The van der Waals surface area contributed by atoms with E-state index in [1.54, 1.807) is 0 Å². The van der Waals surface area contributed by atoms with Gasteiger partial charge in [-0.25, -0.2) is 0 Å². The summed E-state index contributed by atoms with van der Waals surface area (Å²) in [5.74, 6) is 6.37. The minimum absolute atomic E-state index is 0.0974. The van der Waals surface area contributed by atoms with Gasteiger partial charge in [-0.15, -0.1) is 11.8 Å². The van der Waals surface area contributed by atoms with Crippen molar-refractivity contribution in [3.8, 4) is 11.8 Å². The van der Waals surface area contributed by atoms with Crippen molar-refractivity contribution in [3.05, 3.63) is 53.6 Å². The van der Waals surface area contributed by atoms with E-state index >= 15 is 0 Å². The standard InChI is InChI=1S/C22H34O3P6/c1-3-5-7-9-15-22(29-23)21(24-30-26)17-16-18-12-10-11-13-19(18)20(25-31(27)28)14-8-6-4-2/h7,9-13,16-17,20-22,30H,3-5,14-15,26-28H2,1-2H3. The van der Waals surface area contributed by atoms with Crippen molar-refractivity contribution < 1.29 is 13.6 Å². The van der Waals surface area contributed by atoms with Crippen LogP contribution in [0.25, 0.3) is 6.08 Å². The molecule has 1 aromatic rings. The molecule has 0 amide bonds. The molecule has 0 bridgehead atoms. The first-order valence-electron chi connectivity index (χ1n) is 10.3.